The first kappa shape index (κ1) is 15.6. The van der Waals surface area contributed by atoms with E-state index in [-0.39, 0.29) is 5.78 Å². The lowest BCUT2D eigenvalue weighted by atomic mass is 10.0. The highest BCUT2D eigenvalue weighted by Gasteiger charge is 2.16. The summed E-state index contributed by atoms with van der Waals surface area (Å²) in [4.78, 5) is 16.6. The molecule has 0 saturated carbocycles. The van der Waals surface area contributed by atoms with Gasteiger partial charge in [0.1, 0.15) is 0 Å². The maximum atomic E-state index is 12.2. The third kappa shape index (κ3) is 3.45. The molecule has 126 valence electrons. The summed E-state index contributed by atoms with van der Waals surface area (Å²) in [6.07, 6.45) is 3.67. The first-order chi connectivity index (χ1) is 12.3. The van der Waals surface area contributed by atoms with Crippen LogP contribution in [0.1, 0.15) is 41.1 Å². The molecule has 1 heterocycles. The number of carbonyl (C=O) groups is 1. The molecule has 0 amide bonds. The second kappa shape index (κ2) is 6.89. The quantitative estimate of drug-likeness (QED) is 0.723. The van der Waals surface area contributed by atoms with Crippen LogP contribution in [0.2, 0.25) is 0 Å². The van der Waals surface area contributed by atoms with Crippen LogP contribution in [-0.4, -0.2) is 15.9 Å². The highest BCUT2D eigenvalue weighted by atomic mass is 16.5. The Hall–Kier alpha value is -2.95. The molecule has 2 aromatic carbocycles. The number of ketones is 1. The second-order valence-electron chi connectivity index (χ2n) is 6.23. The van der Waals surface area contributed by atoms with Crippen molar-refractivity contribution in [2.75, 3.05) is 5.32 Å². The molecule has 0 atom stereocenters. The molecule has 0 unspecified atom stereocenters. The molecule has 0 fully saturated rings. The minimum atomic E-state index is 0.236. The van der Waals surface area contributed by atoms with Crippen LogP contribution in [0.5, 0.6) is 0 Å². The van der Waals surface area contributed by atoms with Gasteiger partial charge in [0.05, 0.1) is 6.54 Å². The lowest BCUT2D eigenvalue weighted by Crippen LogP contribution is -2.04. The normalized spacial score (nSPS) is 14.0. The van der Waals surface area contributed by atoms with E-state index >= 15 is 0 Å². The molecule has 5 nitrogen and oxygen atoms in total. The molecular weight excluding hydrogens is 314 g/mol. The van der Waals surface area contributed by atoms with Gasteiger partial charge in [-0.25, -0.2) is 0 Å². The Bertz CT molecular complexity index is 887. The monoisotopic (exact) mass is 333 g/mol. The number of anilines is 1. The summed E-state index contributed by atoms with van der Waals surface area (Å²) in [7, 11) is 0. The van der Waals surface area contributed by atoms with Gasteiger partial charge in [0.15, 0.2) is 5.78 Å². The number of fused-ring (bicyclic) bond motifs is 1. The maximum absolute atomic E-state index is 12.2. The first-order valence-corrected chi connectivity index (χ1v) is 8.57. The Morgan fingerprint density at radius 2 is 1.88 bits per heavy atom. The molecule has 0 radical (unpaired) electrons. The van der Waals surface area contributed by atoms with Crippen molar-refractivity contribution in [3.8, 4) is 11.4 Å². The van der Waals surface area contributed by atoms with Gasteiger partial charge in [-0.1, -0.05) is 41.6 Å². The van der Waals surface area contributed by atoms with Crippen molar-refractivity contribution in [1.29, 1.82) is 0 Å². The number of hydrogen-bond acceptors (Lipinski definition) is 5. The number of nitrogens with zero attached hydrogens (tertiary/aromatic N) is 2. The van der Waals surface area contributed by atoms with E-state index in [0.717, 1.165) is 41.6 Å². The van der Waals surface area contributed by atoms with Gasteiger partial charge >= 0.3 is 0 Å². The number of aryl methyl sites for hydroxylation is 1. The van der Waals surface area contributed by atoms with Crippen molar-refractivity contribution in [3.63, 3.8) is 0 Å². The van der Waals surface area contributed by atoms with Crippen molar-refractivity contribution in [2.45, 2.75) is 32.2 Å². The van der Waals surface area contributed by atoms with Crippen molar-refractivity contribution in [3.05, 3.63) is 65.5 Å². The minimum absolute atomic E-state index is 0.236. The summed E-state index contributed by atoms with van der Waals surface area (Å²) in [6.45, 7) is 0.423. The van der Waals surface area contributed by atoms with Gasteiger partial charge in [0.2, 0.25) is 11.7 Å². The predicted molar refractivity (Wildman–Crippen MR) is 95.4 cm³/mol. The fourth-order valence-corrected chi connectivity index (χ4v) is 3.11. The standard InChI is InChI=1S/C20H19N3O2/c24-18-9-5-4-6-14-10-11-16(12-17(14)18)21-13-19-22-20(23-25-19)15-7-2-1-3-8-15/h1-3,7-8,10-12,21H,4-6,9,13H2. The first-order valence-electron chi connectivity index (χ1n) is 8.57. The third-order valence-corrected chi connectivity index (χ3v) is 4.45. The van der Waals surface area contributed by atoms with Gasteiger partial charge in [0.25, 0.3) is 0 Å². The van der Waals surface area contributed by atoms with E-state index < -0.39 is 0 Å². The Morgan fingerprint density at radius 1 is 1.04 bits per heavy atom. The Morgan fingerprint density at radius 3 is 2.76 bits per heavy atom. The van der Waals surface area contributed by atoms with Crippen molar-refractivity contribution in [1.82, 2.24) is 10.1 Å². The lowest BCUT2D eigenvalue weighted by molar-refractivity contribution is 0.0982. The smallest absolute Gasteiger partial charge is 0.246 e. The number of rotatable bonds is 4. The molecule has 1 aliphatic carbocycles. The SMILES string of the molecule is O=C1CCCCc2ccc(NCc3nc(-c4ccccc4)no3)cc21. The van der Waals surface area contributed by atoms with E-state index in [4.69, 9.17) is 4.52 Å². The van der Waals surface area contributed by atoms with E-state index in [2.05, 4.69) is 15.5 Å². The molecule has 0 spiro atoms. The zero-order valence-electron chi connectivity index (χ0n) is 13.9. The van der Waals surface area contributed by atoms with E-state index in [1.165, 1.54) is 0 Å². The molecule has 5 heteroatoms. The van der Waals surface area contributed by atoms with Crippen LogP contribution in [0.15, 0.2) is 53.1 Å². The zero-order chi connectivity index (χ0) is 17.1. The van der Waals surface area contributed by atoms with Crippen molar-refractivity contribution in [2.24, 2.45) is 0 Å². The van der Waals surface area contributed by atoms with Gasteiger partial charge in [-0.2, -0.15) is 4.98 Å². The fourth-order valence-electron chi connectivity index (χ4n) is 3.11. The molecule has 3 aromatic rings. The van der Waals surface area contributed by atoms with Crippen molar-refractivity contribution >= 4 is 11.5 Å². The molecule has 0 bridgehead atoms. The second-order valence-corrected chi connectivity index (χ2v) is 6.23. The number of carbonyl (C=O) groups excluding carboxylic acids is 1. The Kier molecular flexibility index (Phi) is 4.29. The number of benzene rings is 2. The van der Waals surface area contributed by atoms with E-state index in [1.54, 1.807) is 0 Å². The average Bonchev–Trinajstić information content (AvgIpc) is 3.06. The highest BCUT2D eigenvalue weighted by molar-refractivity contribution is 5.98. The molecule has 0 aliphatic heterocycles. The maximum Gasteiger partial charge on any atom is 0.246 e. The fraction of sp³-hybridized carbons (Fsp3) is 0.250. The number of aromatic nitrogens is 2. The third-order valence-electron chi connectivity index (χ3n) is 4.45. The van der Waals surface area contributed by atoms with Crippen LogP contribution >= 0.6 is 0 Å². The van der Waals surface area contributed by atoms with Crippen molar-refractivity contribution < 1.29 is 9.32 Å². The number of nitrogens with one attached hydrogen (secondary N) is 1. The topological polar surface area (TPSA) is 68.0 Å². The predicted octanol–water partition coefficient (Wildman–Crippen LogP) is 4.26. The van der Waals surface area contributed by atoms with Crippen LogP contribution in [0.25, 0.3) is 11.4 Å². The Labute approximate surface area is 146 Å². The van der Waals surface area contributed by atoms with Gasteiger partial charge in [0, 0.05) is 23.2 Å². The van der Waals surface area contributed by atoms with Gasteiger partial charge in [-0.15, -0.1) is 0 Å². The van der Waals surface area contributed by atoms with Crippen LogP contribution in [0.3, 0.4) is 0 Å². The molecule has 1 aliphatic rings. The van der Waals surface area contributed by atoms with E-state index in [9.17, 15) is 4.79 Å². The largest absolute Gasteiger partial charge is 0.376 e. The van der Waals surface area contributed by atoms with Crippen LogP contribution in [0.4, 0.5) is 5.69 Å². The Balaban J connectivity index is 1.47. The highest BCUT2D eigenvalue weighted by Crippen LogP contribution is 2.24. The van der Waals surface area contributed by atoms with E-state index in [0.29, 0.717) is 24.7 Å². The summed E-state index contributed by atoms with van der Waals surface area (Å²) in [5, 5.41) is 7.28. The molecule has 1 N–H and O–H groups in total. The number of hydrogen-bond donors (Lipinski definition) is 1. The van der Waals surface area contributed by atoms with Gasteiger partial charge in [-0.3, -0.25) is 4.79 Å². The average molecular weight is 333 g/mol. The van der Waals surface area contributed by atoms with Crippen LogP contribution < -0.4 is 5.32 Å². The van der Waals surface area contributed by atoms with Crippen LogP contribution in [-0.2, 0) is 13.0 Å². The van der Waals surface area contributed by atoms with Crippen LogP contribution in [0, 0.1) is 0 Å². The van der Waals surface area contributed by atoms with Gasteiger partial charge in [-0.05, 0) is 37.0 Å². The summed E-state index contributed by atoms with van der Waals surface area (Å²) in [6, 6.07) is 15.7. The molecule has 1 aromatic heterocycles. The molecular formula is C20H19N3O2. The number of Topliss-reactive ketones (excluding diaryl/α,β-unsaturated/α-hetero) is 1. The zero-order valence-corrected chi connectivity index (χ0v) is 13.9. The summed E-state index contributed by atoms with van der Waals surface area (Å²) < 4.78 is 5.30. The summed E-state index contributed by atoms with van der Waals surface area (Å²) in [5.74, 6) is 1.33. The molecule has 25 heavy (non-hydrogen) atoms. The molecule has 0 saturated heterocycles. The summed E-state index contributed by atoms with van der Waals surface area (Å²) in [5.41, 5.74) is 3.82. The van der Waals surface area contributed by atoms with Gasteiger partial charge < -0.3 is 9.84 Å². The summed E-state index contributed by atoms with van der Waals surface area (Å²) >= 11 is 0. The lowest BCUT2D eigenvalue weighted by Gasteiger charge is -2.09. The molecule has 4 rings (SSSR count). The van der Waals surface area contributed by atoms with E-state index in [1.807, 2.05) is 48.5 Å². The minimum Gasteiger partial charge on any atom is -0.376 e.